The molecular formula is C25H21Br2NO2. The number of ether oxygens (including phenoxy) is 2. The Morgan fingerprint density at radius 1 is 1.00 bits per heavy atom. The van der Waals surface area contributed by atoms with Crippen LogP contribution in [0.5, 0.6) is 11.5 Å². The number of nitriles is 1. The molecule has 0 unspecified atom stereocenters. The summed E-state index contributed by atoms with van der Waals surface area (Å²) in [6.45, 7) is 4.95. The number of hydrogen-bond donors (Lipinski definition) is 0. The third-order valence-corrected chi connectivity index (χ3v) is 5.54. The standard InChI is InChI=1S/C25H21Br2NO2/c1-3-29-24-14-19(12-21(15-28)20-8-10-22(26)11-9-20)13-23(27)25(24)30-16-18-6-4-17(2)5-7-18/h4-14H,3,16H2,1-2H3/b21-12+. The molecule has 0 aliphatic rings. The highest BCUT2D eigenvalue weighted by molar-refractivity contribution is 9.10. The second-order valence-electron chi connectivity index (χ2n) is 6.71. The lowest BCUT2D eigenvalue weighted by atomic mass is 10.0. The first-order valence-corrected chi connectivity index (χ1v) is 11.1. The number of halogens is 2. The molecule has 152 valence electrons. The Morgan fingerprint density at radius 2 is 1.70 bits per heavy atom. The van der Waals surface area contributed by atoms with Gasteiger partial charge < -0.3 is 9.47 Å². The first-order chi connectivity index (χ1) is 14.5. The van der Waals surface area contributed by atoms with Gasteiger partial charge >= 0.3 is 0 Å². The number of aryl methyl sites for hydroxylation is 1. The Morgan fingerprint density at radius 3 is 2.33 bits per heavy atom. The van der Waals surface area contributed by atoms with Crippen LogP contribution < -0.4 is 9.47 Å². The van der Waals surface area contributed by atoms with Crippen molar-refractivity contribution in [3.05, 3.63) is 91.9 Å². The zero-order valence-corrected chi connectivity index (χ0v) is 20.0. The summed E-state index contributed by atoms with van der Waals surface area (Å²) >= 11 is 7.03. The van der Waals surface area contributed by atoms with Gasteiger partial charge in [-0.15, -0.1) is 0 Å². The third-order valence-electron chi connectivity index (χ3n) is 4.42. The summed E-state index contributed by atoms with van der Waals surface area (Å²) in [5.41, 5.74) is 4.58. The maximum atomic E-state index is 9.64. The van der Waals surface area contributed by atoms with Gasteiger partial charge in [0.05, 0.1) is 22.7 Å². The molecule has 0 atom stereocenters. The molecule has 0 heterocycles. The molecule has 0 radical (unpaired) electrons. The second kappa shape index (κ2) is 10.5. The molecule has 0 fully saturated rings. The Labute approximate surface area is 194 Å². The fourth-order valence-electron chi connectivity index (χ4n) is 2.89. The number of benzene rings is 3. The highest BCUT2D eigenvalue weighted by Gasteiger charge is 2.13. The topological polar surface area (TPSA) is 42.2 Å². The number of hydrogen-bond acceptors (Lipinski definition) is 3. The monoisotopic (exact) mass is 525 g/mol. The molecule has 0 amide bonds. The van der Waals surface area contributed by atoms with E-state index in [0.717, 1.165) is 25.6 Å². The SMILES string of the molecule is CCOc1cc(/C=C(\C#N)c2ccc(Br)cc2)cc(Br)c1OCc1ccc(C)cc1. The van der Waals surface area contributed by atoms with Crippen LogP contribution in [0.4, 0.5) is 0 Å². The van der Waals surface area contributed by atoms with Crippen molar-refractivity contribution in [2.24, 2.45) is 0 Å². The average molecular weight is 527 g/mol. The van der Waals surface area contributed by atoms with Gasteiger partial charge in [0, 0.05) is 4.47 Å². The van der Waals surface area contributed by atoms with Crippen LogP contribution in [0, 0.1) is 18.3 Å². The molecule has 0 spiro atoms. The quantitative estimate of drug-likeness (QED) is 0.235. The molecule has 0 N–H and O–H groups in total. The van der Waals surface area contributed by atoms with Gasteiger partial charge in [-0.25, -0.2) is 0 Å². The van der Waals surface area contributed by atoms with E-state index in [-0.39, 0.29) is 0 Å². The summed E-state index contributed by atoms with van der Waals surface area (Å²) < 4.78 is 13.6. The first kappa shape index (κ1) is 22.1. The molecule has 0 aliphatic carbocycles. The summed E-state index contributed by atoms with van der Waals surface area (Å²) in [5, 5.41) is 9.64. The largest absolute Gasteiger partial charge is 0.490 e. The van der Waals surface area contributed by atoms with Crippen molar-refractivity contribution in [2.45, 2.75) is 20.5 Å². The van der Waals surface area contributed by atoms with Crippen molar-refractivity contribution in [1.29, 1.82) is 5.26 Å². The maximum absolute atomic E-state index is 9.64. The molecule has 0 aliphatic heterocycles. The van der Waals surface area contributed by atoms with Crippen LogP contribution in [-0.2, 0) is 6.61 Å². The van der Waals surface area contributed by atoms with E-state index in [2.05, 4.69) is 69.1 Å². The molecule has 0 bridgehead atoms. The number of rotatable bonds is 7. The molecular weight excluding hydrogens is 506 g/mol. The summed E-state index contributed by atoms with van der Waals surface area (Å²) in [6.07, 6.45) is 1.85. The summed E-state index contributed by atoms with van der Waals surface area (Å²) in [6, 6.07) is 22.0. The molecule has 3 nitrogen and oxygen atoms in total. The highest BCUT2D eigenvalue weighted by Crippen LogP contribution is 2.38. The Hall–Kier alpha value is -2.55. The van der Waals surface area contributed by atoms with Crippen LogP contribution in [0.1, 0.15) is 29.2 Å². The van der Waals surface area contributed by atoms with Crippen LogP contribution in [0.25, 0.3) is 11.6 Å². The van der Waals surface area contributed by atoms with Crippen LogP contribution in [0.3, 0.4) is 0 Å². The van der Waals surface area contributed by atoms with Gasteiger partial charge in [-0.3, -0.25) is 0 Å². The predicted octanol–water partition coefficient (Wildman–Crippen LogP) is 7.56. The maximum Gasteiger partial charge on any atom is 0.175 e. The molecule has 0 saturated heterocycles. The van der Waals surface area contributed by atoms with E-state index in [1.165, 1.54) is 5.56 Å². The van der Waals surface area contributed by atoms with E-state index in [0.29, 0.717) is 30.3 Å². The fourth-order valence-corrected chi connectivity index (χ4v) is 3.73. The Balaban J connectivity index is 1.90. The van der Waals surface area contributed by atoms with E-state index < -0.39 is 0 Å². The fraction of sp³-hybridized carbons (Fsp3) is 0.160. The van der Waals surface area contributed by atoms with Crippen molar-refractivity contribution in [3.63, 3.8) is 0 Å². The number of nitrogens with zero attached hydrogens (tertiary/aromatic N) is 1. The summed E-state index contributed by atoms with van der Waals surface area (Å²) in [5.74, 6) is 1.29. The molecule has 3 aromatic carbocycles. The molecule has 5 heteroatoms. The minimum absolute atomic E-state index is 0.441. The molecule has 0 aromatic heterocycles. The first-order valence-electron chi connectivity index (χ1n) is 9.52. The van der Waals surface area contributed by atoms with E-state index in [9.17, 15) is 5.26 Å². The molecule has 3 aromatic rings. The zero-order valence-electron chi connectivity index (χ0n) is 16.8. The summed E-state index contributed by atoms with van der Waals surface area (Å²) in [7, 11) is 0. The van der Waals surface area contributed by atoms with Crippen molar-refractivity contribution >= 4 is 43.5 Å². The third kappa shape index (κ3) is 5.75. The van der Waals surface area contributed by atoms with Crippen molar-refractivity contribution in [3.8, 4) is 17.6 Å². The van der Waals surface area contributed by atoms with E-state index in [4.69, 9.17) is 9.47 Å². The Bertz CT molecular complexity index is 1080. The van der Waals surface area contributed by atoms with Crippen molar-refractivity contribution in [1.82, 2.24) is 0 Å². The Kier molecular flexibility index (Phi) is 7.73. The zero-order chi connectivity index (χ0) is 21.5. The number of allylic oxidation sites excluding steroid dienone is 1. The van der Waals surface area contributed by atoms with Crippen LogP contribution in [0.15, 0.2) is 69.6 Å². The predicted molar refractivity (Wildman–Crippen MR) is 128 cm³/mol. The van der Waals surface area contributed by atoms with Gasteiger partial charge in [0.1, 0.15) is 6.61 Å². The summed E-state index contributed by atoms with van der Waals surface area (Å²) in [4.78, 5) is 0. The molecule has 0 saturated carbocycles. The van der Waals surface area contributed by atoms with E-state index in [1.54, 1.807) is 0 Å². The van der Waals surface area contributed by atoms with Gasteiger partial charge in [0.15, 0.2) is 11.5 Å². The highest BCUT2D eigenvalue weighted by atomic mass is 79.9. The minimum Gasteiger partial charge on any atom is -0.490 e. The molecule has 30 heavy (non-hydrogen) atoms. The van der Waals surface area contributed by atoms with Crippen molar-refractivity contribution in [2.75, 3.05) is 6.61 Å². The van der Waals surface area contributed by atoms with Gasteiger partial charge in [-0.1, -0.05) is 57.9 Å². The average Bonchev–Trinajstić information content (AvgIpc) is 2.73. The normalized spacial score (nSPS) is 11.1. The van der Waals surface area contributed by atoms with Crippen LogP contribution in [0.2, 0.25) is 0 Å². The van der Waals surface area contributed by atoms with E-state index >= 15 is 0 Å². The van der Waals surface area contributed by atoms with Crippen LogP contribution >= 0.6 is 31.9 Å². The molecule has 3 rings (SSSR count). The minimum atomic E-state index is 0.441. The van der Waals surface area contributed by atoms with Gasteiger partial charge in [0.25, 0.3) is 0 Å². The lowest BCUT2D eigenvalue weighted by Gasteiger charge is -2.15. The second-order valence-corrected chi connectivity index (χ2v) is 8.48. The van der Waals surface area contributed by atoms with Gasteiger partial charge in [0.2, 0.25) is 0 Å². The van der Waals surface area contributed by atoms with E-state index in [1.807, 2.05) is 49.4 Å². The lowest BCUT2D eigenvalue weighted by molar-refractivity contribution is 0.267. The van der Waals surface area contributed by atoms with Gasteiger partial charge in [-0.05, 0) is 76.8 Å². The van der Waals surface area contributed by atoms with Crippen molar-refractivity contribution < 1.29 is 9.47 Å². The lowest BCUT2D eigenvalue weighted by Crippen LogP contribution is -2.01. The smallest absolute Gasteiger partial charge is 0.175 e. The van der Waals surface area contributed by atoms with Crippen LogP contribution in [-0.4, -0.2) is 6.61 Å². The van der Waals surface area contributed by atoms with Gasteiger partial charge in [-0.2, -0.15) is 5.26 Å².